The Morgan fingerprint density at radius 2 is 2.27 bits per heavy atom. The lowest BCUT2D eigenvalue weighted by atomic mass is 9.85. The van der Waals surface area contributed by atoms with E-state index in [0.29, 0.717) is 17.4 Å². The first-order chi connectivity index (χ1) is 7.24. The Morgan fingerprint density at radius 3 is 2.93 bits per heavy atom. The maximum Gasteiger partial charge on any atom is 0.274 e. The molecule has 2 heterocycles. The van der Waals surface area contributed by atoms with Crippen LogP contribution in [-0.4, -0.2) is 19.6 Å². The van der Waals surface area contributed by atoms with Crippen LogP contribution in [0.2, 0.25) is 0 Å². The van der Waals surface area contributed by atoms with Crippen molar-refractivity contribution in [3.8, 4) is 0 Å². The van der Waals surface area contributed by atoms with E-state index in [2.05, 4.69) is 15.1 Å². The Morgan fingerprint density at radius 1 is 1.47 bits per heavy atom. The Labute approximate surface area is 86.2 Å². The second-order valence-electron chi connectivity index (χ2n) is 4.11. The van der Waals surface area contributed by atoms with E-state index in [9.17, 15) is 4.79 Å². The predicted molar refractivity (Wildman–Crippen MR) is 54.9 cm³/mol. The van der Waals surface area contributed by atoms with Gasteiger partial charge in [0.05, 0.1) is 0 Å². The number of hydrogen-bond acceptors (Lipinski definition) is 3. The van der Waals surface area contributed by atoms with Crippen LogP contribution in [0.3, 0.4) is 0 Å². The summed E-state index contributed by atoms with van der Waals surface area (Å²) in [6.07, 6.45) is 3.57. The molecule has 0 aliphatic heterocycles. The third kappa shape index (κ3) is 1.26. The molecular weight excluding hydrogens is 192 g/mol. The van der Waals surface area contributed by atoms with Gasteiger partial charge in [-0.15, -0.1) is 0 Å². The molecule has 0 atom stereocenters. The minimum absolute atomic E-state index is 0.0874. The summed E-state index contributed by atoms with van der Waals surface area (Å²) >= 11 is 0. The molecule has 5 nitrogen and oxygen atoms in total. The van der Waals surface area contributed by atoms with Crippen LogP contribution in [0, 0.1) is 6.92 Å². The Kier molecular flexibility index (Phi) is 1.68. The zero-order valence-electron chi connectivity index (χ0n) is 8.53. The van der Waals surface area contributed by atoms with Gasteiger partial charge >= 0.3 is 0 Å². The molecule has 2 aromatic rings. The molecule has 0 radical (unpaired) electrons. The number of rotatable bonds is 1. The molecule has 78 valence electrons. The zero-order chi connectivity index (χ0) is 10.4. The van der Waals surface area contributed by atoms with Crippen molar-refractivity contribution in [2.75, 3.05) is 0 Å². The van der Waals surface area contributed by atoms with E-state index in [1.165, 1.54) is 17.0 Å². The van der Waals surface area contributed by atoms with E-state index >= 15 is 0 Å². The smallest absolute Gasteiger partial charge is 0.274 e. The van der Waals surface area contributed by atoms with E-state index in [1.807, 2.05) is 0 Å². The van der Waals surface area contributed by atoms with Crippen LogP contribution in [0.15, 0.2) is 10.9 Å². The molecule has 1 saturated carbocycles. The van der Waals surface area contributed by atoms with E-state index in [4.69, 9.17) is 0 Å². The normalized spacial score (nSPS) is 16.9. The van der Waals surface area contributed by atoms with Crippen molar-refractivity contribution in [1.82, 2.24) is 19.6 Å². The lowest BCUT2D eigenvalue weighted by molar-refractivity contribution is 0.401. The summed E-state index contributed by atoms with van der Waals surface area (Å²) in [5, 5.41) is 3.02. The highest BCUT2D eigenvalue weighted by molar-refractivity contribution is 5.28. The van der Waals surface area contributed by atoms with Crippen LogP contribution in [0.5, 0.6) is 0 Å². The quantitative estimate of drug-likeness (QED) is 0.753. The van der Waals surface area contributed by atoms with Gasteiger partial charge in [0.2, 0.25) is 0 Å². The first-order valence-electron chi connectivity index (χ1n) is 5.20. The molecule has 5 heteroatoms. The van der Waals surface area contributed by atoms with Gasteiger partial charge in [0.25, 0.3) is 11.3 Å². The number of aryl methyl sites for hydroxylation is 1. The molecular formula is C10H12N4O. The number of hydrogen-bond donors (Lipinski definition) is 1. The van der Waals surface area contributed by atoms with Crippen molar-refractivity contribution < 1.29 is 0 Å². The zero-order valence-corrected chi connectivity index (χ0v) is 8.53. The Hall–Kier alpha value is -1.65. The van der Waals surface area contributed by atoms with Gasteiger partial charge in [-0.05, 0) is 19.8 Å². The summed E-state index contributed by atoms with van der Waals surface area (Å²) in [5.41, 5.74) is 0.627. The molecule has 0 amide bonds. The SMILES string of the molecule is Cc1cc(=O)n2[nH]c(C3CCC3)nc2n1. The number of nitrogens with one attached hydrogen (secondary N) is 1. The average Bonchev–Trinajstić information content (AvgIpc) is 2.44. The van der Waals surface area contributed by atoms with Crippen molar-refractivity contribution in [2.24, 2.45) is 0 Å². The first-order valence-corrected chi connectivity index (χ1v) is 5.20. The van der Waals surface area contributed by atoms with Crippen LogP contribution in [-0.2, 0) is 0 Å². The molecule has 0 spiro atoms. The highest BCUT2D eigenvalue weighted by atomic mass is 16.1. The standard InChI is InChI=1S/C10H12N4O/c1-6-5-8(15)14-10(11-6)12-9(13-14)7-3-2-4-7/h5,7H,2-4H2,1H3,(H,11,12,13). The molecule has 1 aliphatic rings. The summed E-state index contributed by atoms with van der Waals surface area (Å²) < 4.78 is 1.42. The fourth-order valence-electron chi connectivity index (χ4n) is 1.87. The lowest BCUT2D eigenvalue weighted by Gasteiger charge is -2.22. The maximum atomic E-state index is 11.6. The van der Waals surface area contributed by atoms with Crippen LogP contribution in [0.1, 0.15) is 36.7 Å². The van der Waals surface area contributed by atoms with Gasteiger partial charge in [-0.1, -0.05) is 6.42 Å². The van der Waals surface area contributed by atoms with Crippen LogP contribution < -0.4 is 5.56 Å². The molecule has 1 N–H and O–H groups in total. The van der Waals surface area contributed by atoms with Crippen LogP contribution in [0.4, 0.5) is 0 Å². The van der Waals surface area contributed by atoms with E-state index < -0.39 is 0 Å². The van der Waals surface area contributed by atoms with Crippen LogP contribution in [0.25, 0.3) is 5.78 Å². The summed E-state index contributed by atoms with van der Waals surface area (Å²) in [5.74, 6) is 1.88. The van der Waals surface area contributed by atoms with Crippen LogP contribution >= 0.6 is 0 Å². The van der Waals surface area contributed by atoms with Gasteiger partial charge in [0.1, 0.15) is 5.82 Å². The number of aromatic amines is 1. The minimum Gasteiger partial charge on any atom is -0.275 e. The molecule has 0 bridgehead atoms. The van der Waals surface area contributed by atoms with Crippen molar-refractivity contribution in [1.29, 1.82) is 0 Å². The fourth-order valence-corrected chi connectivity index (χ4v) is 1.87. The second kappa shape index (κ2) is 2.92. The monoisotopic (exact) mass is 204 g/mol. The van der Waals surface area contributed by atoms with E-state index in [1.54, 1.807) is 6.92 Å². The largest absolute Gasteiger partial charge is 0.275 e. The summed E-state index contributed by atoms with van der Waals surface area (Å²) in [7, 11) is 0. The topological polar surface area (TPSA) is 63.0 Å². The molecule has 0 unspecified atom stereocenters. The van der Waals surface area contributed by atoms with E-state index in [0.717, 1.165) is 18.7 Å². The van der Waals surface area contributed by atoms with Gasteiger partial charge in [0, 0.05) is 17.7 Å². The maximum absolute atomic E-state index is 11.6. The second-order valence-corrected chi connectivity index (χ2v) is 4.11. The van der Waals surface area contributed by atoms with Gasteiger partial charge < -0.3 is 0 Å². The minimum atomic E-state index is -0.0874. The molecule has 0 saturated heterocycles. The first kappa shape index (κ1) is 8.64. The number of H-pyrrole nitrogens is 1. The van der Waals surface area contributed by atoms with Gasteiger partial charge in [-0.25, -0.2) is 4.98 Å². The van der Waals surface area contributed by atoms with Crippen molar-refractivity contribution in [3.63, 3.8) is 0 Å². The van der Waals surface area contributed by atoms with E-state index in [-0.39, 0.29) is 5.56 Å². The third-order valence-electron chi connectivity index (χ3n) is 2.97. The van der Waals surface area contributed by atoms with Gasteiger partial charge in [-0.3, -0.25) is 9.89 Å². The summed E-state index contributed by atoms with van der Waals surface area (Å²) in [6.45, 7) is 1.80. The summed E-state index contributed by atoms with van der Waals surface area (Å²) in [4.78, 5) is 20.2. The summed E-state index contributed by atoms with van der Waals surface area (Å²) in [6, 6.07) is 1.51. The lowest BCUT2D eigenvalue weighted by Crippen LogP contribution is -2.15. The number of fused-ring (bicyclic) bond motifs is 1. The number of nitrogens with zero attached hydrogens (tertiary/aromatic N) is 3. The molecule has 1 fully saturated rings. The highest BCUT2D eigenvalue weighted by Gasteiger charge is 2.23. The molecule has 3 rings (SSSR count). The number of aromatic nitrogens is 4. The Bertz CT molecular complexity index is 564. The fraction of sp³-hybridized carbons (Fsp3) is 0.500. The van der Waals surface area contributed by atoms with Gasteiger partial charge in [-0.2, -0.15) is 9.50 Å². The molecule has 2 aromatic heterocycles. The predicted octanol–water partition coefficient (Wildman–Crippen LogP) is 0.994. The molecule has 1 aliphatic carbocycles. The van der Waals surface area contributed by atoms with Crippen molar-refractivity contribution in [3.05, 3.63) is 27.9 Å². The average molecular weight is 204 g/mol. The molecule has 15 heavy (non-hydrogen) atoms. The Balaban J connectivity index is 2.20. The van der Waals surface area contributed by atoms with Crippen molar-refractivity contribution in [2.45, 2.75) is 32.1 Å². The molecule has 0 aromatic carbocycles. The third-order valence-corrected chi connectivity index (χ3v) is 2.97. The van der Waals surface area contributed by atoms with Crippen molar-refractivity contribution >= 4 is 5.78 Å². The van der Waals surface area contributed by atoms with Gasteiger partial charge in [0.15, 0.2) is 0 Å². The highest BCUT2D eigenvalue weighted by Crippen LogP contribution is 2.34.